The van der Waals surface area contributed by atoms with Gasteiger partial charge in [0.15, 0.2) is 0 Å². The van der Waals surface area contributed by atoms with Gasteiger partial charge in [0.05, 0.1) is 19.4 Å². The first-order valence-corrected chi connectivity index (χ1v) is 8.12. The number of morpholine rings is 1. The van der Waals surface area contributed by atoms with E-state index in [0.29, 0.717) is 10.6 Å². The number of ether oxygens (including phenoxy) is 1. The van der Waals surface area contributed by atoms with Crippen LogP contribution in [-0.2, 0) is 4.74 Å². The van der Waals surface area contributed by atoms with E-state index in [-0.39, 0.29) is 5.91 Å². The highest BCUT2D eigenvalue weighted by atomic mass is 35.5. The topological polar surface area (TPSA) is 53.9 Å². The molecule has 1 saturated heterocycles. The molecule has 24 heavy (non-hydrogen) atoms. The Bertz CT molecular complexity index is 725. The van der Waals surface area contributed by atoms with E-state index in [1.165, 1.54) is 5.69 Å². The summed E-state index contributed by atoms with van der Waals surface area (Å²) >= 11 is 5.87. The molecule has 124 valence electrons. The molecule has 1 aliphatic rings. The molecule has 6 heteroatoms. The molecule has 5 nitrogen and oxygen atoms in total. The normalized spacial score (nSPS) is 14.8. The lowest BCUT2D eigenvalue weighted by molar-refractivity contribution is 0.0955. The summed E-state index contributed by atoms with van der Waals surface area (Å²) in [5.74, 6) is -0.293. The second-order valence-corrected chi connectivity index (χ2v) is 5.84. The molecule has 0 atom stereocenters. The summed E-state index contributed by atoms with van der Waals surface area (Å²) < 4.78 is 5.35. The second kappa shape index (κ2) is 7.95. The Hall–Kier alpha value is -2.37. The number of halogens is 1. The summed E-state index contributed by atoms with van der Waals surface area (Å²) in [5.41, 5.74) is 5.05. The van der Waals surface area contributed by atoms with E-state index in [0.717, 1.165) is 31.9 Å². The quantitative estimate of drug-likeness (QED) is 0.686. The lowest BCUT2D eigenvalue weighted by Crippen LogP contribution is -2.36. The third-order valence-electron chi connectivity index (χ3n) is 3.74. The maximum atomic E-state index is 11.9. The van der Waals surface area contributed by atoms with Crippen LogP contribution in [0.2, 0.25) is 5.02 Å². The molecule has 2 aromatic carbocycles. The molecular formula is C18H18ClN3O2. The van der Waals surface area contributed by atoms with Crippen molar-refractivity contribution in [1.82, 2.24) is 5.43 Å². The highest BCUT2D eigenvalue weighted by molar-refractivity contribution is 6.30. The Morgan fingerprint density at radius 3 is 2.62 bits per heavy atom. The highest BCUT2D eigenvalue weighted by Gasteiger charge is 2.10. The molecule has 0 radical (unpaired) electrons. The Morgan fingerprint density at radius 1 is 1.17 bits per heavy atom. The maximum Gasteiger partial charge on any atom is 0.271 e. The average Bonchev–Trinajstić information content (AvgIpc) is 2.63. The molecule has 1 amide bonds. The van der Waals surface area contributed by atoms with Gasteiger partial charge in [-0.25, -0.2) is 5.43 Å². The fraction of sp³-hybridized carbons (Fsp3) is 0.222. The number of hydrazone groups is 1. The lowest BCUT2D eigenvalue weighted by Gasteiger charge is -2.28. The van der Waals surface area contributed by atoms with Crippen LogP contribution in [0.4, 0.5) is 5.69 Å². The van der Waals surface area contributed by atoms with Crippen LogP contribution in [0.25, 0.3) is 0 Å². The molecule has 0 aromatic heterocycles. The van der Waals surface area contributed by atoms with Crippen molar-refractivity contribution in [2.24, 2.45) is 5.10 Å². The predicted octanol–water partition coefficient (Wildman–Crippen LogP) is 2.94. The van der Waals surface area contributed by atoms with Crippen LogP contribution in [0, 0.1) is 0 Å². The molecule has 0 saturated carbocycles. The van der Waals surface area contributed by atoms with Gasteiger partial charge in [0, 0.05) is 29.4 Å². The summed E-state index contributed by atoms with van der Waals surface area (Å²) in [6, 6.07) is 14.8. The van der Waals surface area contributed by atoms with Gasteiger partial charge in [-0.3, -0.25) is 4.79 Å². The van der Waals surface area contributed by atoms with Gasteiger partial charge in [0.2, 0.25) is 0 Å². The van der Waals surface area contributed by atoms with Crippen molar-refractivity contribution in [1.29, 1.82) is 0 Å². The predicted molar refractivity (Wildman–Crippen MR) is 96.0 cm³/mol. The van der Waals surface area contributed by atoms with Gasteiger partial charge >= 0.3 is 0 Å². The molecule has 0 bridgehead atoms. The lowest BCUT2D eigenvalue weighted by atomic mass is 10.2. The SMILES string of the molecule is O=C(N/N=C\c1ccc(N2CCOCC2)cc1)c1cccc(Cl)c1. The van der Waals surface area contributed by atoms with Gasteiger partial charge in [-0.15, -0.1) is 0 Å². The molecular weight excluding hydrogens is 326 g/mol. The number of nitrogens with one attached hydrogen (secondary N) is 1. The number of hydrogen-bond donors (Lipinski definition) is 1. The number of amides is 1. The van der Waals surface area contributed by atoms with Crippen LogP contribution in [0.5, 0.6) is 0 Å². The molecule has 3 rings (SSSR count). The van der Waals surface area contributed by atoms with Crippen molar-refractivity contribution in [2.75, 3.05) is 31.2 Å². The zero-order chi connectivity index (χ0) is 16.8. The summed E-state index contributed by atoms with van der Waals surface area (Å²) in [5, 5.41) is 4.51. The van der Waals surface area contributed by atoms with Gasteiger partial charge in [-0.1, -0.05) is 29.8 Å². The van der Waals surface area contributed by atoms with Crippen molar-refractivity contribution in [2.45, 2.75) is 0 Å². The van der Waals surface area contributed by atoms with Crippen LogP contribution in [0.15, 0.2) is 53.6 Å². The first-order valence-electron chi connectivity index (χ1n) is 7.74. The number of hydrogen-bond acceptors (Lipinski definition) is 4. The van der Waals surface area contributed by atoms with Gasteiger partial charge in [-0.05, 0) is 35.9 Å². The van der Waals surface area contributed by atoms with Crippen molar-refractivity contribution in [3.8, 4) is 0 Å². The summed E-state index contributed by atoms with van der Waals surface area (Å²) in [6.07, 6.45) is 1.62. The third kappa shape index (κ3) is 4.34. The van der Waals surface area contributed by atoms with Crippen molar-refractivity contribution >= 4 is 29.4 Å². The van der Waals surface area contributed by atoms with Gasteiger partial charge in [0.1, 0.15) is 0 Å². The highest BCUT2D eigenvalue weighted by Crippen LogP contribution is 2.16. The summed E-state index contributed by atoms with van der Waals surface area (Å²) in [7, 11) is 0. The molecule has 1 aliphatic heterocycles. The zero-order valence-corrected chi connectivity index (χ0v) is 13.9. The number of carbonyl (C=O) groups excluding carboxylic acids is 1. The molecule has 0 aliphatic carbocycles. The molecule has 0 unspecified atom stereocenters. The fourth-order valence-corrected chi connectivity index (χ4v) is 2.64. The van der Waals surface area contributed by atoms with E-state index >= 15 is 0 Å². The number of benzene rings is 2. The number of anilines is 1. The van der Waals surface area contributed by atoms with Gasteiger partial charge in [0.25, 0.3) is 5.91 Å². The Labute approximate surface area is 145 Å². The molecule has 1 N–H and O–H groups in total. The van der Waals surface area contributed by atoms with Crippen LogP contribution >= 0.6 is 11.6 Å². The number of carbonyl (C=O) groups is 1. The smallest absolute Gasteiger partial charge is 0.271 e. The number of nitrogens with zero attached hydrogens (tertiary/aromatic N) is 2. The van der Waals surface area contributed by atoms with E-state index in [1.807, 2.05) is 24.3 Å². The molecule has 0 spiro atoms. The largest absolute Gasteiger partial charge is 0.378 e. The standard InChI is InChI=1S/C18H18ClN3O2/c19-16-3-1-2-15(12-16)18(23)21-20-13-14-4-6-17(7-5-14)22-8-10-24-11-9-22/h1-7,12-13H,8-11H2,(H,21,23)/b20-13-. The van der Waals surface area contributed by atoms with E-state index in [2.05, 4.69) is 15.4 Å². The number of rotatable bonds is 4. The first-order chi connectivity index (χ1) is 11.7. The summed E-state index contributed by atoms with van der Waals surface area (Å²) in [4.78, 5) is 14.2. The third-order valence-corrected chi connectivity index (χ3v) is 3.97. The Balaban J connectivity index is 1.57. The minimum atomic E-state index is -0.293. The average molecular weight is 344 g/mol. The van der Waals surface area contributed by atoms with Crippen LogP contribution < -0.4 is 10.3 Å². The van der Waals surface area contributed by atoms with Gasteiger partial charge < -0.3 is 9.64 Å². The van der Waals surface area contributed by atoms with Crippen molar-refractivity contribution < 1.29 is 9.53 Å². The first kappa shape index (κ1) is 16.5. The van der Waals surface area contributed by atoms with Crippen LogP contribution in [-0.4, -0.2) is 38.4 Å². The van der Waals surface area contributed by atoms with Crippen LogP contribution in [0.1, 0.15) is 15.9 Å². The van der Waals surface area contributed by atoms with E-state index < -0.39 is 0 Å². The minimum Gasteiger partial charge on any atom is -0.378 e. The monoisotopic (exact) mass is 343 g/mol. The van der Waals surface area contributed by atoms with E-state index in [4.69, 9.17) is 16.3 Å². The molecule has 2 aromatic rings. The molecule has 1 heterocycles. The minimum absolute atomic E-state index is 0.293. The zero-order valence-electron chi connectivity index (χ0n) is 13.1. The fourth-order valence-electron chi connectivity index (χ4n) is 2.45. The molecule has 1 fully saturated rings. The van der Waals surface area contributed by atoms with E-state index in [9.17, 15) is 4.79 Å². The Morgan fingerprint density at radius 2 is 1.92 bits per heavy atom. The summed E-state index contributed by atoms with van der Waals surface area (Å²) in [6.45, 7) is 3.34. The van der Waals surface area contributed by atoms with Gasteiger partial charge in [-0.2, -0.15) is 5.10 Å². The van der Waals surface area contributed by atoms with Crippen molar-refractivity contribution in [3.05, 3.63) is 64.7 Å². The van der Waals surface area contributed by atoms with E-state index in [1.54, 1.807) is 30.5 Å². The van der Waals surface area contributed by atoms with Crippen molar-refractivity contribution in [3.63, 3.8) is 0 Å². The van der Waals surface area contributed by atoms with Crippen LogP contribution in [0.3, 0.4) is 0 Å². The second-order valence-electron chi connectivity index (χ2n) is 5.40. The maximum absolute atomic E-state index is 11.9. The Kier molecular flexibility index (Phi) is 5.46.